The number of allylic oxidation sites excluding steroid dienone is 4. The highest BCUT2D eigenvalue weighted by molar-refractivity contribution is 6.01. The number of aromatic nitrogens is 1. The molecule has 39 heavy (non-hydrogen) atoms. The molecule has 3 amide bonds. The predicted molar refractivity (Wildman–Crippen MR) is 146 cm³/mol. The number of aromatic amines is 1. The summed E-state index contributed by atoms with van der Waals surface area (Å²) in [6, 6.07) is 7.52. The number of nitrogens with one attached hydrogen (secondary N) is 3. The third kappa shape index (κ3) is 6.14. The Hall–Kier alpha value is -4.52. The maximum Gasteiger partial charge on any atom is 0.271 e. The molecule has 10 nitrogen and oxygen atoms in total. The Balaban J connectivity index is 1.58. The number of H-pyrrole nitrogens is 1. The summed E-state index contributed by atoms with van der Waals surface area (Å²) in [7, 11) is 1.56. The van der Waals surface area contributed by atoms with Crippen LogP contribution in [0, 0.1) is 17.2 Å². The summed E-state index contributed by atoms with van der Waals surface area (Å²) >= 11 is 0. The molecule has 0 aliphatic carbocycles. The number of fused-ring (bicyclic) bond motifs is 1. The minimum atomic E-state index is -0.878. The number of hydrogen-bond acceptors (Lipinski definition) is 6. The first kappa shape index (κ1) is 27.5. The van der Waals surface area contributed by atoms with Crippen LogP contribution in [0.15, 0.2) is 60.9 Å². The highest BCUT2D eigenvalue weighted by Crippen LogP contribution is 2.29. The van der Waals surface area contributed by atoms with E-state index in [2.05, 4.69) is 28.3 Å². The first-order valence-corrected chi connectivity index (χ1v) is 12.9. The Morgan fingerprint density at radius 1 is 1.38 bits per heavy atom. The molecule has 0 radical (unpaired) electrons. The lowest BCUT2D eigenvalue weighted by molar-refractivity contribution is -0.126. The largest absolute Gasteiger partial charge is 0.496 e. The van der Waals surface area contributed by atoms with E-state index in [9.17, 15) is 19.6 Å². The molecule has 4 atom stereocenters. The second-order valence-corrected chi connectivity index (χ2v) is 9.55. The molecule has 2 fully saturated rings. The summed E-state index contributed by atoms with van der Waals surface area (Å²) in [5, 5.41) is 15.9. The van der Waals surface area contributed by atoms with Crippen LogP contribution < -0.4 is 15.4 Å². The molecule has 0 saturated carbocycles. The van der Waals surface area contributed by atoms with Gasteiger partial charge in [-0.15, -0.1) is 0 Å². The third-order valence-electron chi connectivity index (χ3n) is 7.01. The Bertz CT molecular complexity index is 1350. The van der Waals surface area contributed by atoms with Crippen LogP contribution in [0.3, 0.4) is 0 Å². The van der Waals surface area contributed by atoms with Crippen molar-refractivity contribution in [1.29, 1.82) is 5.26 Å². The van der Waals surface area contributed by atoms with Gasteiger partial charge in [-0.05, 0) is 50.1 Å². The van der Waals surface area contributed by atoms with Crippen molar-refractivity contribution in [2.75, 3.05) is 20.2 Å². The van der Waals surface area contributed by atoms with Crippen molar-refractivity contribution in [3.8, 4) is 11.8 Å². The number of ether oxygens (including phenoxy) is 2. The molecule has 2 aromatic rings. The lowest BCUT2D eigenvalue weighted by Gasteiger charge is -2.24. The number of carbonyl (C=O) groups is 3. The summed E-state index contributed by atoms with van der Waals surface area (Å²) in [5.41, 5.74) is 1.04. The predicted octanol–water partition coefficient (Wildman–Crippen LogP) is 2.96. The Morgan fingerprint density at radius 3 is 2.87 bits per heavy atom. The van der Waals surface area contributed by atoms with E-state index in [4.69, 9.17) is 9.47 Å². The van der Waals surface area contributed by atoms with Crippen molar-refractivity contribution in [1.82, 2.24) is 20.5 Å². The van der Waals surface area contributed by atoms with E-state index in [1.54, 1.807) is 31.4 Å². The monoisotopic (exact) mass is 531 g/mol. The molecule has 4 unspecified atom stereocenters. The topological polar surface area (TPSA) is 137 Å². The minimum Gasteiger partial charge on any atom is -0.496 e. The van der Waals surface area contributed by atoms with Gasteiger partial charge in [-0.1, -0.05) is 24.8 Å². The van der Waals surface area contributed by atoms with E-state index in [1.807, 2.05) is 31.2 Å². The molecule has 3 heterocycles. The number of nitriles is 1. The second kappa shape index (κ2) is 12.3. The average molecular weight is 532 g/mol. The number of methoxy groups -OCH3 is 1. The maximum absolute atomic E-state index is 13.7. The Labute approximate surface area is 227 Å². The summed E-state index contributed by atoms with van der Waals surface area (Å²) in [6.45, 7) is 6.38. The van der Waals surface area contributed by atoms with Gasteiger partial charge in [0, 0.05) is 29.8 Å². The number of rotatable bonds is 10. The fraction of sp³-hybridized carbons (Fsp3) is 0.379. The number of benzene rings is 1. The zero-order valence-electron chi connectivity index (χ0n) is 22.1. The molecule has 0 spiro atoms. The fourth-order valence-corrected chi connectivity index (χ4v) is 5.04. The highest BCUT2D eigenvalue weighted by Gasteiger charge is 2.42. The smallest absolute Gasteiger partial charge is 0.271 e. The van der Waals surface area contributed by atoms with Crippen LogP contribution in [0.5, 0.6) is 5.75 Å². The van der Waals surface area contributed by atoms with Gasteiger partial charge in [-0.2, -0.15) is 5.26 Å². The molecule has 1 aromatic carbocycles. The van der Waals surface area contributed by atoms with Gasteiger partial charge in [-0.3, -0.25) is 14.4 Å². The van der Waals surface area contributed by atoms with Crippen LogP contribution in [0.4, 0.5) is 0 Å². The molecule has 10 heteroatoms. The van der Waals surface area contributed by atoms with Gasteiger partial charge in [0.25, 0.3) is 5.91 Å². The molecular weight excluding hydrogens is 498 g/mol. The molecular formula is C29H33N5O5. The summed E-state index contributed by atoms with van der Waals surface area (Å²) in [5.74, 6) is -0.150. The van der Waals surface area contributed by atoms with Crippen LogP contribution in [0.2, 0.25) is 0 Å². The molecule has 2 aliphatic heterocycles. The molecule has 2 saturated heterocycles. The first-order chi connectivity index (χ1) is 18.9. The molecule has 3 N–H and O–H groups in total. The van der Waals surface area contributed by atoms with Crippen molar-refractivity contribution in [2.45, 2.75) is 44.4 Å². The zero-order valence-corrected chi connectivity index (χ0v) is 22.1. The third-order valence-corrected chi connectivity index (χ3v) is 7.01. The fourth-order valence-electron chi connectivity index (χ4n) is 5.04. The SMILES string of the molecule is C=C/C(=C\C=C/C)OC1CC(C(=O)NC(C#N)CC2CCNC2=O)N(C(=O)c2cc3c(OC)cccc3[nH]2)C1. The van der Waals surface area contributed by atoms with Gasteiger partial charge in [0.05, 0.1) is 19.7 Å². The van der Waals surface area contributed by atoms with E-state index in [0.717, 1.165) is 10.9 Å². The normalized spacial score (nSPS) is 22.0. The number of carbonyl (C=O) groups excluding carboxylic acids is 3. The van der Waals surface area contributed by atoms with Crippen molar-refractivity contribution < 1.29 is 23.9 Å². The zero-order chi connectivity index (χ0) is 27.9. The lowest BCUT2D eigenvalue weighted by Crippen LogP contribution is -2.49. The van der Waals surface area contributed by atoms with Crippen LogP contribution in [0.1, 0.15) is 36.7 Å². The standard InChI is InChI=1S/C29H33N5O5/c1-4-6-8-20(5-2)39-21-14-25(28(36)32-19(16-30)13-18-11-12-31-27(18)35)34(17-21)29(37)24-15-22-23(33-24)9-7-10-26(22)38-3/h4-10,15,18-19,21,25,33H,2,11-14,17H2,1,3H3,(H,31,35)(H,32,36)/b6-4-,20-8+. The number of nitrogens with zero attached hydrogens (tertiary/aromatic N) is 2. The first-order valence-electron chi connectivity index (χ1n) is 12.9. The number of amides is 3. The van der Waals surface area contributed by atoms with Gasteiger partial charge >= 0.3 is 0 Å². The molecule has 4 rings (SSSR count). The van der Waals surface area contributed by atoms with Crippen molar-refractivity contribution in [3.05, 3.63) is 66.6 Å². The van der Waals surface area contributed by atoms with Gasteiger partial charge < -0.3 is 30.0 Å². The number of hydrogen-bond donors (Lipinski definition) is 3. The number of likely N-dealkylation sites (tertiary alicyclic amines) is 1. The summed E-state index contributed by atoms with van der Waals surface area (Å²) < 4.78 is 11.5. The van der Waals surface area contributed by atoms with Crippen LogP contribution in [-0.2, 0) is 14.3 Å². The van der Waals surface area contributed by atoms with E-state index in [0.29, 0.717) is 30.2 Å². The van der Waals surface area contributed by atoms with Gasteiger partial charge in [0.2, 0.25) is 11.8 Å². The van der Waals surface area contributed by atoms with Gasteiger partial charge in [0.15, 0.2) is 0 Å². The lowest BCUT2D eigenvalue weighted by atomic mass is 9.98. The van der Waals surface area contributed by atoms with E-state index in [1.165, 1.54) is 4.90 Å². The van der Waals surface area contributed by atoms with Crippen molar-refractivity contribution in [3.63, 3.8) is 0 Å². The van der Waals surface area contributed by atoms with Gasteiger partial charge in [-0.25, -0.2) is 0 Å². The van der Waals surface area contributed by atoms with E-state index >= 15 is 0 Å². The Morgan fingerprint density at radius 2 is 2.21 bits per heavy atom. The highest BCUT2D eigenvalue weighted by atomic mass is 16.5. The van der Waals surface area contributed by atoms with Crippen molar-refractivity contribution in [2.24, 2.45) is 5.92 Å². The quantitative estimate of drug-likeness (QED) is 0.319. The average Bonchev–Trinajstić information content (AvgIpc) is 3.68. The molecule has 2 aliphatic rings. The van der Waals surface area contributed by atoms with Crippen LogP contribution >= 0.6 is 0 Å². The second-order valence-electron chi connectivity index (χ2n) is 9.55. The van der Waals surface area contributed by atoms with Crippen molar-refractivity contribution >= 4 is 28.6 Å². The van der Waals surface area contributed by atoms with E-state index in [-0.39, 0.29) is 37.1 Å². The van der Waals surface area contributed by atoms with Gasteiger partial charge in [0.1, 0.15) is 35.4 Å². The summed E-state index contributed by atoms with van der Waals surface area (Å²) in [6.07, 6.45) is 7.57. The summed E-state index contributed by atoms with van der Waals surface area (Å²) in [4.78, 5) is 43.8. The Kier molecular flexibility index (Phi) is 8.71. The van der Waals surface area contributed by atoms with Crippen LogP contribution in [-0.4, -0.2) is 66.0 Å². The maximum atomic E-state index is 13.7. The minimum absolute atomic E-state index is 0.116. The molecule has 204 valence electrons. The van der Waals surface area contributed by atoms with E-state index < -0.39 is 24.1 Å². The van der Waals surface area contributed by atoms with Crippen LogP contribution in [0.25, 0.3) is 10.9 Å². The molecule has 0 bridgehead atoms. The molecule has 1 aromatic heterocycles.